The molecule has 3 heterocycles. The Kier molecular flexibility index (Phi) is 5.07. The average molecular weight is 361 g/mol. The van der Waals surface area contributed by atoms with Crippen LogP contribution in [0.25, 0.3) is 11.5 Å². The van der Waals surface area contributed by atoms with E-state index in [9.17, 15) is 9.59 Å². The fraction of sp³-hybridized carbons (Fsp3) is 0.188. The molecule has 0 unspecified atom stereocenters. The van der Waals surface area contributed by atoms with Gasteiger partial charge in [-0.3, -0.25) is 9.59 Å². The van der Waals surface area contributed by atoms with E-state index in [1.807, 2.05) is 22.2 Å². The van der Waals surface area contributed by atoms with Gasteiger partial charge < -0.3 is 15.1 Å². The van der Waals surface area contributed by atoms with Crippen molar-refractivity contribution >= 4 is 39.6 Å². The summed E-state index contributed by atoms with van der Waals surface area (Å²) in [7, 11) is 0. The number of hydrogen-bond acceptors (Lipinski definition) is 6. The van der Waals surface area contributed by atoms with Gasteiger partial charge in [0.15, 0.2) is 10.9 Å². The molecule has 8 heteroatoms. The third-order valence-corrected chi connectivity index (χ3v) is 4.61. The molecule has 6 nitrogen and oxygen atoms in total. The summed E-state index contributed by atoms with van der Waals surface area (Å²) in [6.45, 7) is 1.79. The predicted molar refractivity (Wildman–Crippen MR) is 94.0 cm³/mol. The molecule has 0 aliphatic carbocycles. The van der Waals surface area contributed by atoms with Gasteiger partial charge in [0.2, 0.25) is 11.8 Å². The van der Waals surface area contributed by atoms with Gasteiger partial charge in [0.05, 0.1) is 13.0 Å². The molecule has 0 aliphatic heterocycles. The van der Waals surface area contributed by atoms with Crippen molar-refractivity contribution in [3.8, 4) is 11.5 Å². The van der Waals surface area contributed by atoms with E-state index in [1.165, 1.54) is 18.3 Å². The van der Waals surface area contributed by atoms with Gasteiger partial charge >= 0.3 is 0 Å². The van der Waals surface area contributed by atoms with Crippen LogP contribution in [0.5, 0.6) is 0 Å². The van der Waals surface area contributed by atoms with Crippen LogP contribution in [0, 0.1) is 0 Å². The van der Waals surface area contributed by atoms with Crippen LogP contribution in [0.4, 0.5) is 5.13 Å². The number of aromatic nitrogens is 1. The van der Waals surface area contributed by atoms with E-state index in [-0.39, 0.29) is 11.8 Å². The number of furan rings is 1. The second-order valence-corrected chi connectivity index (χ2v) is 6.71. The smallest absolute Gasteiger partial charge is 0.230 e. The standard InChI is InChI=1S/C16H15N3O3S2/c1-10(20)17-7-12-2-3-14(22-12)13-9-24-16(18-13)19-15(21)6-11-4-5-23-8-11/h2-5,8-9H,6-7H2,1H3,(H,17,20)(H,18,19,21). The molecule has 0 saturated heterocycles. The number of thiazole rings is 1. The van der Waals surface area contributed by atoms with Crippen molar-refractivity contribution in [1.82, 2.24) is 10.3 Å². The maximum Gasteiger partial charge on any atom is 0.230 e. The molecule has 0 saturated carbocycles. The van der Waals surface area contributed by atoms with Crippen LogP contribution in [0.3, 0.4) is 0 Å². The van der Waals surface area contributed by atoms with E-state index in [2.05, 4.69) is 15.6 Å². The van der Waals surface area contributed by atoms with Gasteiger partial charge in [-0.05, 0) is 34.5 Å². The lowest BCUT2D eigenvalue weighted by Gasteiger charge is -1.99. The molecule has 0 bridgehead atoms. The van der Waals surface area contributed by atoms with Gasteiger partial charge in [-0.1, -0.05) is 0 Å². The topological polar surface area (TPSA) is 84.2 Å². The highest BCUT2D eigenvalue weighted by atomic mass is 32.1. The normalized spacial score (nSPS) is 10.5. The van der Waals surface area contributed by atoms with Crippen LogP contribution in [-0.4, -0.2) is 16.8 Å². The quantitative estimate of drug-likeness (QED) is 0.706. The molecule has 124 valence electrons. The fourth-order valence-electron chi connectivity index (χ4n) is 2.01. The largest absolute Gasteiger partial charge is 0.458 e. The molecule has 0 radical (unpaired) electrons. The van der Waals surface area contributed by atoms with E-state index in [4.69, 9.17) is 4.42 Å². The first-order valence-electron chi connectivity index (χ1n) is 7.20. The van der Waals surface area contributed by atoms with Gasteiger partial charge in [0.1, 0.15) is 11.5 Å². The van der Waals surface area contributed by atoms with E-state index < -0.39 is 0 Å². The van der Waals surface area contributed by atoms with E-state index in [0.29, 0.717) is 35.3 Å². The monoisotopic (exact) mass is 361 g/mol. The summed E-state index contributed by atoms with van der Waals surface area (Å²) in [5.41, 5.74) is 1.64. The number of rotatable bonds is 6. The third kappa shape index (κ3) is 4.30. The highest BCUT2D eigenvalue weighted by Gasteiger charge is 2.12. The number of nitrogens with zero attached hydrogens (tertiary/aromatic N) is 1. The Morgan fingerprint density at radius 1 is 1.25 bits per heavy atom. The Labute approximate surface area is 146 Å². The molecule has 3 aromatic rings. The first kappa shape index (κ1) is 16.4. The van der Waals surface area contributed by atoms with Crippen LogP contribution in [0.1, 0.15) is 18.2 Å². The van der Waals surface area contributed by atoms with Crippen LogP contribution < -0.4 is 10.6 Å². The summed E-state index contributed by atoms with van der Waals surface area (Å²) in [5, 5.41) is 11.7. The number of nitrogens with one attached hydrogen (secondary N) is 2. The lowest BCUT2D eigenvalue weighted by atomic mass is 10.2. The molecular formula is C16H15N3O3S2. The third-order valence-electron chi connectivity index (χ3n) is 3.12. The van der Waals surface area contributed by atoms with Crippen molar-refractivity contribution < 1.29 is 14.0 Å². The molecule has 0 aliphatic rings. The zero-order valence-electron chi connectivity index (χ0n) is 12.9. The number of carbonyl (C=O) groups excluding carboxylic acids is 2. The summed E-state index contributed by atoms with van der Waals surface area (Å²) >= 11 is 2.91. The number of carbonyl (C=O) groups is 2. The number of amides is 2. The van der Waals surface area contributed by atoms with Crippen LogP contribution >= 0.6 is 22.7 Å². The maximum atomic E-state index is 12.0. The van der Waals surface area contributed by atoms with Gasteiger partial charge in [0.25, 0.3) is 0 Å². The van der Waals surface area contributed by atoms with Gasteiger partial charge in [-0.15, -0.1) is 11.3 Å². The first-order chi connectivity index (χ1) is 11.6. The maximum absolute atomic E-state index is 12.0. The molecule has 2 amide bonds. The van der Waals surface area contributed by atoms with Crippen LogP contribution in [0.2, 0.25) is 0 Å². The fourth-order valence-corrected chi connectivity index (χ4v) is 3.39. The highest BCUT2D eigenvalue weighted by molar-refractivity contribution is 7.14. The number of anilines is 1. The van der Waals surface area contributed by atoms with Crippen LogP contribution in [0.15, 0.2) is 38.8 Å². The Morgan fingerprint density at radius 2 is 2.12 bits per heavy atom. The van der Waals surface area contributed by atoms with Gasteiger partial charge in [-0.2, -0.15) is 11.3 Å². The van der Waals surface area contributed by atoms with Crippen molar-refractivity contribution in [1.29, 1.82) is 0 Å². The number of hydrogen-bond donors (Lipinski definition) is 2. The number of thiophene rings is 1. The Hall–Kier alpha value is -2.45. The summed E-state index contributed by atoms with van der Waals surface area (Å²) in [5.74, 6) is 1.04. The second kappa shape index (κ2) is 7.41. The van der Waals surface area contributed by atoms with Crippen LogP contribution in [-0.2, 0) is 22.6 Å². The Bertz CT molecular complexity index is 837. The molecule has 24 heavy (non-hydrogen) atoms. The first-order valence-corrected chi connectivity index (χ1v) is 9.02. The minimum absolute atomic E-state index is 0.0971. The molecule has 0 atom stereocenters. The predicted octanol–water partition coefficient (Wildman–Crippen LogP) is 3.28. The summed E-state index contributed by atoms with van der Waals surface area (Å²) in [6.07, 6.45) is 0.333. The van der Waals surface area contributed by atoms with Crippen molar-refractivity contribution in [3.63, 3.8) is 0 Å². The van der Waals surface area contributed by atoms with Gasteiger partial charge in [-0.25, -0.2) is 4.98 Å². The minimum Gasteiger partial charge on any atom is -0.458 e. The molecule has 0 spiro atoms. The van der Waals surface area contributed by atoms with Crippen molar-refractivity contribution in [2.24, 2.45) is 0 Å². The molecule has 3 aromatic heterocycles. The highest BCUT2D eigenvalue weighted by Crippen LogP contribution is 2.26. The van der Waals surface area contributed by atoms with Crippen molar-refractivity contribution in [2.75, 3.05) is 5.32 Å². The van der Waals surface area contributed by atoms with E-state index >= 15 is 0 Å². The summed E-state index contributed by atoms with van der Waals surface area (Å²) < 4.78 is 5.64. The van der Waals surface area contributed by atoms with E-state index in [0.717, 1.165) is 5.56 Å². The molecule has 0 aromatic carbocycles. The molecule has 0 fully saturated rings. The minimum atomic E-state index is -0.114. The molecule has 2 N–H and O–H groups in total. The Morgan fingerprint density at radius 3 is 2.88 bits per heavy atom. The SMILES string of the molecule is CC(=O)NCc1ccc(-c2csc(NC(=O)Cc3ccsc3)n2)o1. The Balaban J connectivity index is 1.60. The zero-order chi connectivity index (χ0) is 16.9. The summed E-state index contributed by atoms with van der Waals surface area (Å²) in [6, 6.07) is 5.51. The zero-order valence-corrected chi connectivity index (χ0v) is 14.5. The van der Waals surface area contributed by atoms with Crippen molar-refractivity contribution in [3.05, 3.63) is 45.7 Å². The van der Waals surface area contributed by atoms with Gasteiger partial charge in [0, 0.05) is 12.3 Å². The molecular weight excluding hydrogens is 346 g/mol. The summed E-state index contributed by atoms with van der Waals surface area (Å²) in [4.78, 5) is 27.3. The lowest BCUT2D eigenvalue weighted by Crippen LogP contribution is -2.18. The lowest BCUT2D eigenvalue weighted by molar-refractivity contribution is -0.119. The molecule has 3 rings (SSSR count). The average Bonchev–Trinajstić information content (AvgIpc) is 3.26. The second-order valence-electron chi connectivity index (χ2n) is 5.07. The van der Waals surface area contributed by atoms with Crippen molar-refractivity contribution in [2.45, 2.75) is 19.9 Å². The van der Waals surface area contributed by atoms with E-state index in [1.54, 1.807) is 23.5 Å².